The molecule has 0 saturated heterocycles. The molecule has 0 spiro atoms. The Labute approximate surface area is 184 Å². The number of alkyl carbamates (subject to hydrolysis) is 1. The summed E-state index contributed by atoms with van der Waals surface area (Å²) in [7, 11) is 1.38. The van der Waals surface area contributed by atoms with E-state index in [0.29, 0.717) is 0 Å². The van der Waals surface area contributed by atoms with E-state index in [9.17, 15) is 23.1 Å². The standard InChI is InChI=1S/C22H29F3N2O5/c1-21(2,3)32-20(29)27-17(12-7-9-22(24,25)10-8-12)19-26-18-15(31-19)6-5-13(16(18)23)14(28)11-30-4/h5-6,12,14,17,28H,7-11H2,1-4H3,(H,27,29)/t14?,17-/m0/s1. The molecule has 2 atom stereocenters. The van der Waals surface area contributed by atoms with Crippen LogP contribution in [0.15, 0.2) is 16.5 Å². The zero-order chi connectivity index (χ0) is 23.7. The smallest absolute Gasteiger partial charge is 0.408 e. The van der Waals surface area contributed by atoms with Crippen molar-refractivity contribution in [3.8, 4) is 0 Å². The van der Waals surface area contributed by atoms with E-state index in [1.165, 1.54) is 19.2 Å². The Morgan fingerprint density at radius 1 is 1.34 bits per heavy atom. The maximum Gasteiger partial charge on any atom is 0.408 e. The fraction of sp³-hybridized carbons (Fsp3) is 0.636. The number of carbonyl (C=O) groups is 1. The fourth-order valence-electron chi connectivity index (χ4n) is 3.84. The van der Waals surface area contributed by atoms with Crippen LogP contribution >= 0.6 is 0 Å². The van der Waals surface area contributed by atoms with Crippen LogP contribution in [0.4, 0.5) is 18.0 Å². The van der Waals surface area contributed by atoms with Gasteiger partial charge < -0.3 is 24.3 Å². The number of hydrogen-bond donors (Lipinski definition) is 2. The van der Waals surface area contributed by atoms with Crippen molar-refractivity contribution in [1.82, 2.24) is 10.3 Å². The Kier molecular flexibility index (Phi) is 7.04. The van der Waals surface area contributed by atoms with Gasteiger partial charge in [-0.05, 0) is 51.7 Å². The van der Waals surface area contributed by atoms with Gasteiger partial charge in [0.15, 0.2) is 11.4 Å². The largest absolute Gasteiger partial charge is 0.444 e. The highest BCUT2D eigenvalue weighted by molar-refractivity contribution is 5.75. The molecule has 1 aliphatic rings. The van der Waals surface area contributed by atoms with Gasteiger partial charge in [0.1, 0.15) is 23.3 Å². The van der Waals surface area contributed by atoms with Crippen molar-refractivity contribution in [3.05, 3.63) is 29.4 Å². The average molecular weight is 458 g/mol. The molecule has 0 aliphatic heterocycles. The number of amides is 1. The second-order valence-corrected chi connectivity index (χ2v) is 9.16. The molecule has 7 nitrogen and oxygen atoms in total. The number of nitrogens with one attached hydrogen (secondary N) is 1. The van der Waals surface area contributed by atoms with Crippen molar-refractivity contribution < 1.29 is 37.0 Å². The third kappa shape index (κ3) is 5.72. The zero-order valence-corrected chi connectivity index (χ0v) is 18.6. The van der Waals surface area contributed by atoms with Gasteiger partial charge in [0, 0.05) is 25.5 Å². The number of methoxy groups -OCH3 is 1. The first-order chi connectivity index (χ1) is 14.9. The lowest BCUT2D eigenvalue weighted by atomic mass is 9.82. The summed E-state index contributed by atoms with van der Waals surface area (Å²) in [4.78, 5) is 16.7. The summed E-state index contributed by atoms with van der Waals surface area (Å²) < 4.78 is 58.3. The highest BCUT2D eigenvalue weighted by Gasteiger charge is 2.40. The highest BCUT2D eigenvalue weighted by Crippen LogP contribution is 2.42. The van der Waals surface area contributed by atoms with Crippen LogP contribution in [0, 0.1) is 11.7 Å². The molecule has 1 heterocycles. The Morgan fingerprint density at radius 2 is 2.00 bits per heavy atom. The van der Waals surface area contributed by atoms with Crippen LogP contribution in [0.25, 0.3) is 11.1 Å². The number of aliphatic hydroxyl groups excluding tert-OH is 1. The van der Waals surface area contributed by atoms with E-state index in [4.69, 9.17) is 13.9 Å². The Hall–Kier alpha value is -2.33. The SMILES string of the molecule is COCC(O)c1ccc2oc([C@@H](NC(=O)OC(C)(C)C)C3CCC(F)(F)CC3)nc2c1F. The van der Waals surface area contributed by atoms with Gasteiger partial charge in [0.2, 0.25) is 11.8 Å². The average Bonchev–Trinajstić information content (AvgIpc) is 3.10. The maximum atomic E-state index is 15.0. The molecule has 1 saturated carbocycles. The molecule has 2 N–H and O–H groups in total. The lowest BCUT2D eigenvalue weighted by Crippen LogP contribution is -2.40. The molecule has 1 aliphatic carbocycles. The van der Waals surface area contributed by atoms with Crippen molar-refractivity contribution in [2.45, 2.75) is 70.1 Å². The first-order valence-electron chi connectivity index (χ1n) is 10.5. The minimum absolute atomic E-state index is 0.00152. The molecule has 2 aromatic rings. The van der Waals surface area contributed by atoms with Crippen LogP contribution < -0.4 is 5.32 Å². The van der Waals surface area contributed by atoms with Gasteiger partial charge in [0.05, 0.1) is 6.61 Å². The Morgan fingerprint density at radius 3 is 2.59 bits per heavy atom. The number of alkyl halides is 2. The molecular weight excluding hydrogens is 429 g/mol. The molecule has 3 rings (SSSR count). The van der Waals surface area contributed by atoms with E-state index in [1.807, 2.05) is 0 Å². The topological polar surface area (TPSA) is 93.8 Å². The second kappa shape index (κ2) is 9.27. The van der Waals surface area contributed by atoms with Crippen LogP contribution in [0.2, 0.25) is 0 Å². The molecule has 178 valence electrons. The number of fused-ring (bicyclic) bond motifs is 1. The molecule has 0 bridgehead atoms. The third-order valence-electron chi connectivity index (χ3n) is 5.40. The molecule has 32 heavy (non-hydrogen) atoms. The van der Waals surface area contributed by atoms with E-state index in [0.717, 1.165) is 0 Å². The van der Waals surface area contributed by atoms with Gasteiger partial charge in [-0.1, -0.05) is 0 Å². The summed E-state index contributed by atoms with van der Waals surface area (Å²) >= 11 is 0. The highest BCUT2D eigenvalue weighted by atomic mass is 19.3. The monoisotopic (exact) mass is 458 g/mol. The van der Waals surface area contributed by atoms with E-state index in [2.05, 4.69) is 10.3 Å². The van der Waals surface area contributed by atoms with E-state index in [-0.39, 0.29) is 54.8 Å². The summed E-state index contributed by atoms with van der Waals surface area (Å²) in [5.41, 5.74) is -0.783. The van der Waals surface area contributed by atoms with Gasteiger partial charge in [-0.25, -0.2) is 22.9 Å². The lowest BCUT2D eigenvalue weighted by molar-refractivity contribution is -0.0509. The van der Waals surface area contributed by atoms with Crippen molar-refractivity contribution in [3.63, 3.8) is 0 Å². The minimum Gasteiger partial charge on any atom is -0.444 e. The first kappa shape index (κ1) is 24.3. The zero-order valence-electron chi connectivity index (χ0n) is 18.6. The quantitative estimate of drug-likeness (QED) is 0.630. The molecule has 1 unspecified atom stereocenters. The molecular formula is C22H29F3N2O5. The number of rotatable bonds is 6. The summed E-state index contributed by atoms with van der Waals surface area (Å²) in [5.74, 6) is -3.92. The van der Waals surface area contributed by atoms with Gasteiger partial charge in [0.25, 0.3) is 0 Å². The van der Waals surface area contributed by atoms with Crippen LogP contribution in [0.5, 0.6) is 0 Å². The van der Waals surface area contributed by atoms with Crippen LogP contribution in [-0.2, 0) is 9.47 Å². The summed E-state index contributed by atoms with van der Waals surface area (Å²) in [6.45, 7) is 4.99. The van der Waals surface area contributed by atoms with E-state index >= 15 is 0 Å². The number of hydrogen-bond acceptors (Lipinski definition) is 6. The van der Waals surface area contributed by atoms with Crippen molar-refractivity contribution in [1.29, 1.82) is 0 Å². The van der Waals surface area contributed by atoms with Gasteiger partial charge in [-0.3, -0.25) is 0 Å². The van der Waals surface area contributed by atoms with Crippen LogP contribution in [0.1, 0.15) is 70.1 Å². The molecule has 1 aromatic heterocycles. The van der Waals surface area contributed by atoms with E-state index < -0.39 is 41.5 Å². The minimum atomic E-state index is -2.76. The number of carbonyl (C=O) groups excluding carboxylic acids is 1. The number of oxazole rings is 1. The normalized spacial score (nSPS) is 19.0. The predicted octanol–water partition coefficient (Wildman–Crippen LogP) is 5.04. The number of aromatic nitrogens is 1. The van der Waals surface area contributed by atoms with Crippen LogP contribution in [-0.4, -0.2) is 41.4 Å². The van der Waals surface area contributed by atoms with E-state index in [1.54, 1.807) is 20.8 Å². The predicted molar refractivity (Wildman–Crippen MR) is 110 cm³/mol. The molecule has 1 aromatic carbocycles. The molecule has 10 heteroatoms. The van der Waals surface area contributed by atoms with Crippen LogP contribution in [0.3, 0.4) is 0 Å². The number of ether oxygens (including phenoxy) is 2. The lowest BCUT2D eigenvalue weighted by Gasteiger charge is -2.33. The number of halogens is 3. The first-order valence-corrected chi connectivity index (χ1v) is 10.5. The molecule has 1 fully saturated rings. The second-order valence-electron chi connectivity index (χ2n) is 9.16. The van der Waals surface area contributed by atoms with Gasteiger partial charge >= 0.3 is 6.09 Å². The Balaban J connectivity index is 1.94. The fourth-order valence-corrected chi connectivity index (χ4v) is 3.84. The van der Waals surface area contributed by atoms with Gasteiger partial charge in [-0.15, -0.1) is 0 Å². The number of nitrogens with zero attached hydrogens (tertiary/aromatic N) is 1. The Bertz CT molecular complexity index is 947. The number of aliphatic hydroxyl groups is 1. The maximum absolute atomic E-state index is 15.0. The summed E-state index contributed by atoms with van der Waals surface area (Å²) in [6, 6.07) is 1.95. The van der Waals surface area contributed by atoms with Crippen molar-refractivity contribution in [2.75, 3.05) is 13.7 Å². The van der Waals surface area contributed by atoms with Crippen molar-refractivity contribution >= 4 is 17.2 Å². The van der Waals surface area contributed by atoms with Gasteiger partial charge in [-0.2, -0.15) is 0 Å². The summed E-state index contributed by atoms with van der Waals surface area (Å²) in [5, 5.41) is 12.8. The summed E-state index contributed by atoms with van der Waals surface area (Å²) in [6.07, 6.45) is -2.34. The third-order valence-corrected chi connectivity index (χ3v) is 5.40. The molecule has 0 radical (unpaired) electrons. The molecule has 1 amide bonds. The number of benzene rings is 1. The van der Waals surface area contributed by atoms with Crippen molar-refractivity contribution in [2.24, 2.45) is 5.92 Å².